The summed E-state index contributed by atoms with van der Waals surface area (Å²) in [5.41, 5.74) is 0.677. The molecule has 0 heterocycles. The highest BCUT2D eigenvalue weighted by Crippen LogP contribution is 2.20. The lowest BCUT2D eigenvalue weighted by atomic mass is 10.0. The Balaban J connectivity index is 2.70. The van der Waals surface area contributed by atoms with Gasteiger partial charge in [0, 0.05) is 5.69 Å². The molecule has 0 spiro atoms. The summed E-state index contributed by atoms with van der Waals surface area (Å²) in [6.07, 6.45) is 0.330. The highest BCUT2D eigenvalue weighted by molar-refractivity contribution is 6.32. The first-order valence-corrected chi connectivity index (χ1v) is 6.71. The maximum absolute atomic E-state index is 11.8. The number of carbonyl (C=O) groups excluding carboxylic acids is 1. The fraction of sp³-hybridized carbons (Fsp3) is 0.357. The fourth-order valence-corrected chi connectivity index (χ4v) is 1.92. The number of benzene rings is 1. The summed E-state index contributed by atoms with van der Waals surface area (Å²) in [6.45, 7) is 3.74. The van der Waals surface area contributed by atoms with E-state index in [4.69, 9.17) is 22.0 Å². The zero-order chi connectivity index (χ0) is 16.0. The Morgan fingerprint density at radius 3 is 2.57 bits per heavy atom. The quantitative estimate of drug-likeness (QED) is 0.778. The highest BCUT2D eigenvalue weighted by Gasteiger charge is 2.21. The van der Waals surface area contributed by atoms with Crippen LogP contribution in [0.1, 0.15) is 25.8 Å². The first-order chi connectivity index (χ1) is 9.83. The van der Waals surface area contributed by atoms with Gasteiger partial charge in [-0.25, -0.2) is 9.59 Å². The molecular formula is C14H16ClN3O3. The number of aliphatic carboxylic acids is 1. The van der Waals surface area contributed by atoms with E-state index in [1.165, 1.54) is 18.2 Å². The molecular weight excluding hydrogens is 294 g/mol. The third-order valence-corrected chi connectivity index (χ3v) is 2.97. The summed E-state index contributed by atoms with van der Waals surface area (Å²) in [7, 11) is 0. The average Bonchev–Trinajstić information content (AvgIpc) is 2.37. The smallest absolute Gasteiger partial charge is 0.326 e. The molecule has 0 radical (unpaired) electrons. The predicted octanol–water partition coefficient (Wildman–Crippen LogP) is 2.83. The number of urea groups is 1. The third-order valence-electron chi connectivity index (χ3n) is 2.66. The van der Waals surface area contributed by atoms with Gasteiger partial charge in [-0.2, -0.15) is 5.26 Å². The van der Waals surface area contributed by atoms with Crippen LogP contribution in [0.25, 0.3) is 0 Å². The van der Waals surface area contributed by atoms with Crippen molar-refractivity contribution in [2.75, 3.05) is 5.32 Å². The highest BCUT2D eigenvalue weighted by atomic mass is 35.5. The normalized spacial score (nSPS) is 11.6. The van der Waals surface area contributed by atoms with Crippen molar-refractivity contribution in [3.05, 3.63) is 28.8 Å². The third kappa shape index (κ3) is 5.32. The molecule has 3 N–H and O–H groups in total. The number of nitrogens with zero attached hydrogens (tertiary/aromatic N) is 1. The molecule has 0 fully saturated rings. The molecule has 0 aliphatic rings. The van der Waals surface area contributed by atoms with Crippen LogP contribution in [0, 0.1) is 17.2 Å². The SMILES string of the molecule is CC(C)C[C@@H](NC(=O)Nc1ccc(C#N)c(Cl)c1)C(=O)O. The molecule has 0 aliphatic carbocycles. The standard InChI is InChI=1S/C14H16ClN3O3/c1-8(2)5-12(13(19)20)18-14(21)17-10-4-3-9(7-16)11(15)6-10/h3-4,6,8,12H,5H2,1-2H3,(H,19,20)(H2,17,18,21)/t12-/m1/s1. The van der Waals surface area contributed by atoms with E-state index in [1.54, 1.807) is 0 Å². The first kappa shape index (κ1) is 16.8. The maximum Gasteiger partial charge on any atom is 0.326 e. The number of carbonyl (C=O) groups is 2. The second kappa shape index (κ2) is 7.50. The maximum atomic E-state index is 11.8. The van der Waals surface area contributed by atoms with E-state index in [0.717, 1.165) is 0 Å². The van der Waals surface area contributed by atoms with Gasteiger partial charge in [0.1, 0.15) is 12.1 Å². The van der Waals surface area contributed by atoms with Crippen LogP contribution in [0.15, 0.2) is 18.2 Å². The zero-order valence-electron chi connectivity index (χ0n) is 11.7. The number of nitriles is 1. The van der Waals surface area contributed by atoms with E-state index in [0.29, 0.717) is 17.7 Å². The van der Waals surface area contributed by atoms with Crippen LogP contribution >= 0.6 is 11.6 Å². The zero-order valence-corrected chi connectivity index (χ0v) is 12.4. The Bertz CT molecular complexity index is 581. The van der Waals surface area contributed by atoms with Crippen LogP contribution in [0.3, 0.4) is 0 Å². The molecule has 0 unspecified atom stereocenters. The molecule has 7 heteroatoms. The lowest BCUT2D eigenvalue weighted by Gasteiger charge is -2.17. The molecule has 1 aromatic rings. The van der Waals surface area contributed by atoms with Crippen LogP contribution in [0.5, 0.6) is 0 Å². The molecule has 0 saturated heterocycles. The van der Waals surface area contributed by atoms with Crippen LogP contribution in [0.4, 0.5) is 10.5 Å². The molecule has 6 nitrogen and oxygen atoms in total. The second-order valence-corrected chi connectivity index (χ2v) is 5.33. The summed E-state index contributed by atoms with van der Waals surface area (Å²) < 4.78 is 0. The van der Waals surface area contributed by atoms with E-state index in [1.807, 2.05) is 19.9 Å². The number of rotatable bonds is 5. The number of hydrogen-bond acceptors (Lipinski definition) is 3. The number of halogens is 1. The van der Waals surface area contributed by atoms with Crippen LogP contribution < -0.4 is 10.6 Å². The summed E-state index contributed by atoms with van der Waals surface area (Å²) in [4.78, 5) is 22.8. The van der Waals surface area contributed by atoms with Gasteiger partial charge in [0.25, 0.3) is 0 Å². The molecule has 2 amide bonds. The van der Waals surface area contributed by atoms with Gasteiger partial charge < -0.3 is 15.7 Å². The average molecular weight is 310 g/mol. The molecule has 0 saturated carbocycles. The van der Waals surface area contributed by atoms with Gasteiger partial charge in [0.2, 0.25) is 0 Å². The van der Waals surface area contributed by atoms with E-state index in [9.17, 15) is 9.59 Å². The monoisotopic (exact) mass is 309 g/mol. The molecule has 21 heavy (non-hydrogen) atoms. The number of amides is 2. The van der Waals surface area contributed by atoms with Crippen molar-refractivity contribution in [3.63, 3.8) is 0 Å². The Kier molecular flexibility index (Phi) is 6.00. The lowest BCUT2D eigenvalue weighted by Crippen LogP contribution is -2.43. The van der Waals surface area contributed by atoms with E-state index in [-0.39, 0.29) is 10.9 Å². The van der Waals surface area contributed by atoms with Crippen LogP contribution in [-0.2, 0) is 4.79 Å². The fourth-order valence-electron chi connectivity index (χ4n) is 1.70. The molecule has 0 aliphatic heterocycles. The first-order valence-electron chi connectivity index (χ1n) is 6.33. The van der Waals surface area contributed by atoms with Crippen molar-refractivity contribution in [3.8, 4) is 6.07 Å². The van der Waals surface area contributed by atoms with Crippen LogP contribution in [-0.4, -0.2) is 23.1 Å². The minimum absolute atomic E-state index is 0.135. The van der Waals surface area contributed by atoms with E-state index < -0.39 is 18.0 Å². The van der Waals surface area contributed by atoms with Crippen molar-refractivity contribution >= 4 is 29.3 Å². The lowest BCUT2D eigenvalue weighted by molar-refractivity contribution is -0.139. The minimum Gasteiger partial charge on any atom is -0.480 e. The Labute approximate surface area is 127 Å². The summed E-state index contributed by atoms with van der Waals surface area (Å²) in [6, 6.07) is 4.73. The minimum atomic E-state index is -1.09. The molecule has 1 rings (SSSR count). The molecule has 1 atom stereocenters. The number of hydrogen-bond donors (Lipinski definition) is 3. The Morgan fingerprint density at radius 1 is 1.43 bits per heavy atom. The number of anilines is 1. The van der Waals surface area contributed by atoms with Crippen molar-refractivity contribution in [2.45, 2.75) is 26.3 Å². The van der Waals surface area contributed by atoms with Gasteiger partial charge in [0.15, 0.2) is 0 Å². The Hall–Kier alpha value is -2.26. The summed E-state index contributed by atoms with van der Waals surface area (Å²) in [5, 5.41) is 22.9. The molecule has 0 aromatic heterocycles. The van der Waals surface area contributed by atoms with E-state index >= 15 is 0 Å². The second-order valence-electron chi connectivity index (χ2n) is 4.93. The van der Waals surface area contributed by atoms with Gasteiger partial charge in [0.05, 0.1) is 10.6 Å². The molecule has 1 aromatic carbocycles. The van der Waals surface area contributed by atoms with Crippen molar-refractivity contribution in [1.29, 1.82) is 5.26 Å². The van der Waals surface area contributed by atoms with Gasteiger partial charge >= 0.3 is 12.0 Å². The Morgan fingerprint density at radius 2 is 2.10 bits per heavy atom. The number of carboxylic acid groups (broad SMARTS) is 1. The largest absolute Gasteiger partial charge is 0.480 e. The number of carboxylic acids is 1. The summed E-state index contributed by atoms with van der Waals surface area (Å²) >= 11 is 5.85. The molecule has 112 valence electrons. The van der Waals surface area contributed by atoms with Crippen molar-refractivity contribution in [2.24, 2.45) is 5.92 Å². The van der Waals surface area contributed by atoms with Gasteiger partial charge in [-0.15, -0.1) is 0 Å². The van der Waals surface area contributed by atoms with Crippen molar-refractivity contribution in [1.82, 2.24) is 5.32 Å². The van der Waals surface area contributed by atoms with Crippen LogP contribution in [0.2, 0.25) is 5.02 Å². The number of nitrogens with one attached hydrogen (secondary N) is 2. The van der Waals surface area contributed by atoms with Gasteiger partial charge in [-0.3, -0.25) is 0 Å². The molecule has 0 bridgehead atoms. The van der Waals surface area contributed by atoms with Crippen molar-refractivity contribution < 1.29 is 14.7 Å². The van der Waals surface area contributed by atoms with E-state index in [2.05, 4.69) is 10.6 Å². The summed E-state index contributed by atoms with van der Waals surface area (Å²) in [5.74, 6) is -0.951. The van der Waals surface area contributed by atoms with Gasteiger partial charge in [-0.1, -0.05) is 25.4 Å². The topological polar surface area (TPSA) is 102 Å². The van der Waals surface area contributed by atoms with Gasteiger partial charge in [-0.05, 0) is 30.5 Å². The predicted molar refractivity (Wildman–Crippen MR) is 79.2 cm³/mol.